The molecule has 0 saturated heterocycles. The second-order valence-corrected chi connectivity index (χ2v) is 8.89. The maximum atomic E-state index is 13.2. The maximum Gasteiger partial charge on any atom is 0.231 e. The van der Waals surface area contributed by atoms with E-state index in [4.69, 9.17) is 35.3 Å². The van der Waals surface area contributed by atoms with Gasteiger partial charge in [0.1, 0.15) is 18.2 Å². The van der Waals surface area contributed by atoms with Gasteiger partial charge in [-0.3, -0.25) is 9.69 Å². The van der Waals surface area contributed by atoms with Gasteiger partial charge in [0.2, 0.25) is 11.5 Å². The Morgan fingerprint density at radius 2 is 1.78 bits per heavy atom. The summed E-state index contributed by atoms with van der Waals surface area (Å²) < 4.78 is 28.4. The van der Waals surface area contributed by atoms with Crippen molar-refractivity contribution in [2.75, 3.05) is 34.6 Å². The van der Waals surface area contributed by atoms with Crippen LogP contribution in [0.5, 0.6) is 28.7 Å². The molecule has 0 bridgehead atoms. The Bertz CT molecular complexity index is 1330. The number of carbonyl (C=O) groups is 1. The molecule has 3 aromatic carbocycles. The molecule has 36 heavy (non-hydrogen) atoms. The second kappa shape index (κ2) is 10.1. The molecular formula is C28H26ClNO6. The summed E-state index contributed by atoms with van der Waals surface area (Å²) in [6.45, 7) is 1.82. The Kier molecular flexibility index (Phi) is 6.76. The molecule has 0 unspecified atom stereocenters. The first-order valence-corrected chi connectivity index (χ1v) is 11.9. The molecule has 0 saturated carbocycles. The molecule has 2 aliphatic heterocycles. The van der Waals surface area contributed by atoms with Gasteiger partial charge in [-0.15, -0.1) is 0 Å². The minimum Gasteiger partial charge on any atom is -0.493 e. The van der Waals surface area contributed by atoms with Crippen molar-refractivity contribution >= 4 is 23.5 Å². The molecule has 5 rings (SSSR count). The molecular weight excluding hydrogens is 482 g/mol. The molecule has 0 spiro atoms. The Labute approximate surface area is 214 Å². The van der Waals surface area contributed by atoms with E-state index in [1.54, 1.807) is 45.6 Å². The monoisotopic (exact) mass is 507 g/mol. The summed E-state index contributed by atoms with van der Waals surface area (Å²) in [5.41, 5.74) is 3.15. The van der Waals surface area contributed by atoms with Crippen LogP contribution < -0.4 is 23.7 Å². The number of carbonyl (C=O) groups excluding carboxylic acids is 1. The van der Waals surface area contributed by atoms with E-state index in [1.165, 1.54) is 0 Å². The number of hydrogen-bond donors (Lipinski definition) is 0. The van der Waals surface area contributed by atoms with Crippen molar-refractivity contribution in [2.24, 2.45) is 0 Å². The quantitative estimate of drug-likeness (QED) is 0.398. The van der Waals surface area contributed by atoms with Gasteiger partial charge in [-0.05, 0) is 54.0 Å². The number of ether oxygens (including phenoxy) is 5. The topological polar surface area (TPSA) is 66.5 Å². The van der Waals surface area contributed by atoms with Crippen molar-refractivity contribution in [2.45, 2.75) is 13.0 Å². The number of halogens is 1. The molecule has 0 aromatic heterocycles. The van der Waals surface area contributed by atoms with Gasteiger partial charge < -0.3 is 23.7 Å². The van der Waals surface area contributed by atoms with Gasteiger partial charge in [0.25, 0.3) is 0 Å². The highest BCUT2D eigenvalue weighted by atomic mass is 35.5. The Hall–Kier alpha value is -3.68. The molecule has 2 heterocycles. The van der Waals surface area contributed by atoms with Gasteiger partial charge in [-0.1, -0.05) is 29.8 Å². The molecule has 0 amide bonds. The zero-order chi connectivity index (χ0) is 25.2. The maximum absolute atomic E-state index is 13.2. The van der Waals surface area contributed by atoms with E-state index < -0.39 is 0 Å². The second-order valence-electron chi connectivity index (χ2n) is 8.48. The number of ketones is 1. The standard InChI is InChI=1S/C28H26ClNO6/c1-32-24-13-17(14-25(33-2)28(24)34-3)12-23-26(31)19-8-9-22-20(27(19)36-23)15-30(16-35-22)11-10-18-6-4-5-7-21(18)29/h4-9,12-14H,10-11,15-16H2,1-3H3/b23-12-. The third kappa shape index (κ3) is 4.47. The Morgan fingerprint density at radius 3 is 2.47 bits per heavy atom. The summed E-state index contributed by atoms with van der Waals surface area (Å²) in [6, 6.07) is 15.0. The number of hydrogen-bond acceptors (Lipinski definition) is 7. The Morgan fingerprint density at radius 1 is 1.03 bits per heavy atom. The van der Waals surface area contributed by atoms with Crippen molar-refractivity contribution in [3.63, 3.8) is 0 Å². The van der Waals surface area contributed by atoms with E-state index in [2.05, 4.69) is 4.90 Å². The van der Waals surface area contributed by atoms with Crippen LogP contribution in [0.15, 0.2) is 54.3 Å². The van der Waals surface area contributed by atoms with Crippen LogP contribution in [0.2, 0.25) is 5.02 Å². The zero-order valence-corrected chi connectivity index (χ0v) is 21.1. The van der Waals surface area contributed by atoms with E-state index >= 15 is 0 Å². The molecule has 3 aromatic rings. The van der Waals surface area contributed by atoms with Crippen molar-refractivity contribution in [3.8, 4) is 28.7 Å². The molecule has 8 heteroatoms. The van der Waals surface area contributed by atoms with Gasteiger partial charge in [-0.2, -0.15) is 0 Å². The minimum absolute atomic E-state index is 0.185. The lowest BCUT2D eigenvalue weighted by Gasteiger charge is -2.29. The van der Waals surface area contributed by atoms with E-state index in [0.717, 1.165) is 34.9 Å². The minimum atomic E-state index is -0.185. The molecule has 0 N–H and O–H groups in total. The van der Waals surface area contributed by atoms with Gasteiger partial charge >= 0.3 is 0 Å². The number of Topliss-reactive ketones (excluding diaryl/α,β-unsaturated/α-hetero) is 1. The summed E-state index contributed by atoms with van der Waals surface area (Å²) in [6.07, 6.45) is 2.47. The fourth-order valence-corrected chi connectivity index (χ4v) is 4.69. The number of nitrogens with zero attached hydrogens (tertiary/aromatic N) is 1. The van der Waals surface area contributed by atoms with Gasteiger partial charge in [-0.25, -0.2) is 0 Å². The lowest BCUT2D eigenvalue weighted by molar-refractivity contribution is 0.0950. The summed E-state index contributed by atoms with van der Waals surface area (Å²) in [5, 5.41) is 0.757. The Balaban J connectivity index is 1.39. The highest BCUT2D eigenvalue weighted by molar-refractivity contribution is 6.31. The lowest BCUT2D eigenvalue weighted by Crippen LogP contribution is -2.33. The largest absolute Gasteiger partial charge is 0.493 e. The van der Waals surface area contributed by atoms with Crippen LogP contribution in [0.1, 0.15) is 27.0 Å². The van der Waals surface area contributed by atoms with Crippen LogP contribution in [0.25, 0.3) is 6.08 Å². The van der Waals surface area contributed by atoms with Crippen LogP contribution in [-0.2, 0) is 13.0 Å². The van der Waals surface area contributed by atoms with Crippen LogP contribution in [0.4, 0.5) is 0 Å². The fourth-order valence-electron chi connectivity index (χ4n) is 4.46. The number of fused-ring (bicyclic) bond motifs is 3. The predicted octanol–water partition coefficient (Wildman–Crippen LogP) is 5.38. The molecule has 0 atom stereocenters. The molecule has 0 fully saturated rings. The molecule has 0 radical (unpaired) electrons. The van der Waals surface area contributed by atoms with Crippen LogP contribution in [0.3, 0.4) is 0 Å². The smallest absolute Gasteiger partial charge is 0.231 e. The fraction of sp³-hybridized carbons (Fsp3) is 0.250. The van der Waals surface area contributed by atoms with Crippen molar-refractivity contribution < 1.29 is 28.5 Å². The number of allylic oxidation sites excluding steroid dienone is 1. The first kappa shape index (κ1) is 24.0. The summed E-state index contributed by atoms with van der Waals surface area (Å²) >= 11 is 6.32. The summed E-state index contributed by atoms with van der Waals surface area (Å²) in [7, 11) is 4.64. The van der Waals surface area contributed by atoms with Crippen LogP contribution >= 0.6 is 11.6 Å². The van der Waals surface area contributed by atoms with Gasteiger partial charge in [0.15, 0.2) is 17.3 Å². The van der Waals surface area contributed by atoms with E-state index in [9.17, 15) is 4.79 Å². The van der Waals surface area contributed by atoms with Gasteiger partial charge in [0.05, 0.1) is 32.5 Å². The molecule has 186 valence electrons. The first-order valence-electron chi connectivity index (χ1n) is 11.5. The van der Waals surface area contributed by atoms with Crippen molar-refractivity contribution in [1.29, 1.82) is 0 Å². The third-order valence-corrected chi connectivity index (χ3v) is 6.69. The van der Waals surface area contributed by atoms with E-state index in [-0.39, 0.29) is 11.5 Å². The normalized spacial score (nSPS) is 15.7. The van der Waals surface area contributed by atoms with Crippen LogP contribution in [-0.4, -0.2) is 45.3 Å². The first-order chi connectivity index (χ1) is 17.5. The average Bonchev–Trinajstić information content (AvgIpc) is 3.22. The molecule has 7 nitrogen and oxygen atoms in total. The summed E-state index contributed by atoms with van der Waals surface area (Å²) in [5.74, 6) is 2.77. The third-order valence-electron chi connectivity index (χ3n) is 6.32. The van der Waals surface area contributed by atoms with Crippen LogP contribution in [0, 0.1) is 0 Å². The lowest BCUT2D eigenvalue weighted by atomic mass is 10.0. The number of methoxy groups -OCH3 is 3. The predicted molar refractivity (Wildman–Crippen MR) is 137 cm³/mol. The van der Waals surface area contributed by atoms with Gasteiger partial charge in [0, 0.05) is 18.1 Å². The van der Waals surface area contributed by atoms with E-state index in [0.29, 0.717) is 47.4 Å². The average molecular weight is 508 g/mol. The SMILES string of the molecule is COc1cc(/C=C2\Oc3c(ccc4c3CN(CCc3ccccc3Cl)CO4)C2=O)cc(OC)c1OC. The number of benzene rings is 3. The highest BCUT2D eigenvalue weighted by Gasteiger charge is 2.33. The number of rotatable bonds is 7. The van der Waals surface area contributed by atoms with Crippen molar-refractivity contribution in [3.05, 3.63) is 81.6 Å². The van der Waals surface area contributed by atoms with E-state index in [1.807, 2.05) is 30.3 Å². The molecule has 0 aliphatic carbocycles. The highest BCUT2D eigenvalue weighted by Crippen LogP contribution is 2.43. The zero-order valence-electron chi connectivity index (χ0n) is 20.3. The molecule has 2 aliphatic rings. The van der Waals surface area contributed by atoms with Crippen molar-refractivity contribution in [1.82, 2.24) is 4.90 Å². The summed E-state index contributed by atoms with van der Waals surface area (Å²) in [4.78, 5) is 15.4.